The van der Waals surface area contributed by atoms with E-state index < -0.39 is 0 Å². The van der Waals surface area contributed by atoms with Gasteiger partial charge in [-0.1, -0.05) is 0 Å². The summed E-state index contributed by atoms with van der Waals surface area (Å²) in [5.74, 6) is 8.06. The Balaban J connectivity index is 3.18. The zero-order chi connectivity index (χ0) is 27.8. The van der Waals surface area contributed by atoms with E-state index in [1.807, 2.05) is 0 Å². The van der Waals surface area contributed by atoms with Crippen LogP contribution >= 0.6 is 70.6 Å². The minimum atomic E-state index is -0.236. The molecule has 0 aromatic carbocycles. The second kappa shape index (κ2) is 34.0. The molecule has 0 unspecified atom stereocenters. The highest BCUT2D eigenvalue weighted by molar-refractivity contribution is 8.04. The van der Waals surface area contributed by atoms with E-state index in [4.69, 9.17) is 39.2 Å². The van der Waals surface area contributed by atoms with Gasteiger partial charge in [-0.3, -0.25) is 9.59 Å². The number of hydrogen-bond acceptors (Lipinski definition) is 16. The quantitative estimate of drug-likeness (QED) is 0.0372. The van der Waals surface area contributed by atoms with Gasteiger partial charge in [-0.25, -0.2) is 19.6 Å². The Kier molecular flexibility index (Phi) is 34.7. The highest BCUT2D eigenvalue weighted by Gasteiger charge is 2.04. The second-order valence-electron chi connectivity index (χ2n) is 6.86. The van der Waals surface area contributed by atoms with Crippen LogP contribution in [0, 0.1) is 0 Å². The van der Waals surface area contributed by atoms with Crippen molar-refractivity contribution in [2.75, 3.05) is 109 Å². The first-order valence-corrected chi connectivity index (χ1v) is 19.1. The van der Waals surface area contributed by atoms with Crippen LogP contribution in [0.1, 0.15) is 12.8 Å². The summed E-state index contributed by atoms with van der Waals surface area (Å²) >= 11 is 9.76. The highest BCUT2D eigenvalue weighted by atomic mass is 32.2. The average Bonchev–Trinajstić information content (AvgIpc) is 2.91. The number of ether oxygens (including phenoxy) is 2. The molecule has 0 heterocycles. The fourth-order valence-corrected chi connectivity index (χ4v) is 6.97. The molecule has 0 radical (unpaired) electrons. The van der Waals surface area contributed by atoms with Crippen LogP contribution in [-0.4, -0.2) is 131 Å². The first-order chi connectivity index (χ1) is 18.7. The normalized spacial score (nSPS) is 11.1. The van der Waals surface area contributed by atoms with Crippen molar-refractivity contribution in [1.29, 1.82) is 0 Å². The Morgan fingerprint density at radius 1 is 0.474 bits per heavy atom. The molecular weight excluding hydrogens is 617 g/mol. The monoisotopic (exact) mass is 658 g/mol. The van der Waals surface area contributed by atoms with Crippen molar-refractivity contribution in [2.24, 2.45) is 0 Å². The summed E-state index contributed by atoms with van der Waals surface area (Å²) in [5.41, 5.74) is 0. The van der Waals surface area contributed by atoms with E-state index in [1.54, 1.807) is 58.8 Å². The molecule has 0 aliphatic carbocycles. The summed E-state index contributed by atoms with van der Waals surface area (Å²) in [4.78, 5) is 43.2. The highest BCUT2D eigenvalue weighted by Crippen LogP contribution is 2.11. The predicted molar refractivity (Wildman–Crippen MR) is 163 cm³/mol. The van der Waals surface area contributed by atoms with Crippen LogP contribution in [-0.2, 0) is 38.6 Å². The Bertz CT molecular complexity index is 525. The fraction of sp³-hybridized carbons (Fsp3) is 0.909. The minimum Gasteiger partial charge on any atom is -0.465 e. The van der Waals surface area contributed by atoms with Gasteiger partial charge in [0, 0.05) is 65.7 Å². The van der Waals surface area contributed by atoms with E-state index in [1.165, 1.54) is 11.8 Å². The maximum atomic E-state index is 11.7. The Hall–Kier alpha value is 0.800. The molecule has 0 saturated carbocycles. The van der Waals surface area contributed by atoms with Gasteiger partial charge in [-0.05, 0) is 6.42 Å². The molecule has 0 rings (SSSR count). The lowest BCUT2D eigenvalue weighted by atomic mass is 10.5. The van der Waals surface area contributed by atoms with Crippen molar-refractivity contribution in [1.82, 2.24) is 0 Å². The summed E-state index contributed by atoms with van der Waals surface area (Å²) in [6.07, 6.45) is 1.05. The Morgan fingerprint density at radius 2 is 0.947 bits per heavy atom. The molecule has 0 atom stereocenters. The lowest BCUT2D eigenvalue weighted by Crippen LogP contribution is -2.10. The molecule has 0 aliphatic heterocycles. The predicted octanol–water partition coefficient (Wildman–Crippen LogP) is 3.05. The molecule has 38 heavy (non-hydrogen) atoms. The van der Waals surface area contributed by atoms with Gasteiger partial charge in [0.2, 0.25) is 0 Å². The molecule has 2 N–H and O–H groups in total. The number of esters is 2. The van der Waals surface area contributed by atoms with Crippen LogP contribution in [0.5, 0.6) is 0 Å². The van der Waals surface area contributed by atoms with Gasteiger partial charge in [0.05, 0.1) is 37.9 Å². The molecule has 0 aromatic rings. The van der Waals surface area contributed by atoms with E-state index >= 15 is 0 Å². The zero-order valence-corrected chi connectivity index (χ0v) is 26.7. The van der Waals surface area contributed by atoms with E-state index in [9.17, 15) is 9.59 Å². The molecule has 226 valence electrons. The Morgan fingerprint density at radius 3 is 1.58 bits per heavy atom. The van der Waals surface area contributed by atoms with Gasteiger partial charge < -0.3 is 19.7 Å². The average molecular weight is 659 g/mol. The summed E-state index contributed by atoms with van der Waals surface area (Å²) in [6, 6.07) is 0. The zero-order valence-electron chi connectivity index (χ0n) is 21.8. The van der Waals surface area contributed by atoms with Crippen LogP contribution in [0.15, 0.2) is 0 Å². The van der Waals surface area contributed by atoms with Crippen LogP contribution in [0.2, 0.25) is 0 Å². The van der Waals surface area contributed by atoms with Crippen molar-refractivity contribution >= 4 is 82.5 Å². The molecule has 0 amide bonds. The second-order valence-corrected chi connectivity index (χ2v) is 13.6. The SMILES string of the molecule is O=C(CSCCSCCOOCSCCSCOC(=O)CSCCSCCOOCCCO)OCCCO. The molecule has 0 aromatic heterocycles. The van der Waals surface area contributed by atoms with Gasteiger partial charge in [-0.15, -0.1) is 47.0 Å². The summed E-state index contributed by atoms with van der Waals surface area (Å²) < 4.78 is 10.2. The van der Waals surface area contributed by atoms with Crippen molar-refractivity contribution in [2.45, 2.75) is 12.8 Å². The van der Waals surface area contributed by atoms with E-state index in [-0.39, 0.29) is 31.8 Å². The summed E-state index contributed by atoms with van der Waals surface area (Å²) in [5, 5.41) is 17.2. The van der Waals surface area contributed by atoms with Crippen LogP contribution in [0.25, 0.3) is 0 Å². The lowest BCUT2D eigenvalue weighted by Gasteiger charge is -2.06. The van der Waals surface area contributed by atoms with E-state index in [0.717, 1.165) is 46.0 Å². The minimum absolute atomic E-state index is 0.0319. The Labute approximate surface area is 252 Å². The largest absolute Gasteiger partial charge is 0.465 e. The fourth-order valence-electron chi connectivity index (χ4n) is 1.98. The van der Waals surface area contributed by atoms with Gasteiger partial charge >= 0.3 is 11.9 Å². The number of hydrogen-bond donors (Lipinski definition) is 2. The number of aliphatic hydroxyl groups is 2. The van der Waals surface area contributed by atoms with Crippen molar-refractivity contribution in [3.63, 3.8) is 0 Å². The third-order valence-corrected chi connectivity index (χ3v) is 9.80. The molecular formula is C22H42O10S6. The van der Waals surface area contributed by atoms with Gasteiger partial charge in [-0.2, -0.15) is 23.5 Å². The first kappa shape index (κ1) is 38.8. The van der Waals surface area contributed by atoms with Gasteiger partial charge in [0.1, 0.15) is 11.9 Å². The number of carbonyl (C=O) groups is 2. The van der Waals surface area contributed by atoms with Crippen molar-refractivity contribution in [3.05, 3.63) is 0 Å². The number of aliphatic hydroxyl groups excluding tert-OH is 2. The molecule has 0 saturated heterocycles. The van der Waals surface area contributed by atoms with E-state index in [0.29, 0.717) is 56.0 Å². The first-order valence-electron chi connectivity index (χ1n) is 12.2. The number of thioether (sulfide) groups is 6. The number of carbonyl (C=O) groups excluding carboxylic acids is 2. The molecule has 0 spiro atoms. The summed E-state index contributed by atoms with van der Waals surface area (Å²) in [6.45, 7) is 1.83. The molecule has 10 nitrogen and oxygen atoms in total. The van der Waals surface area contributed by atoms with Gasteiger partial charge in [0.15, 0.2) is 0 Å². The molecule has 0 aliphatic rings. The molecule has 0 fully saturated rings. The maximum Gasteiger partial charge on any atom is 0.316 e. The van der Waals surface area contributed by atoms with E-state index in [2.05, 4.69) is 0 Å². The standard InChI is InChI=1S/C22H42O10S6/c23-3-1-5-27-21(25)17-35-13-11-34-10-8-31-32-20-38-16-15-37-19-28-22(26)18-36-14-12-33-9-7-30-29-6-2-4-24/h23-24H,1-20H2. The third kappa shape index (κ3) is 33.0. The maximum absolute atomic E-state index is 11.7. The van der Waals surface area contributed by atoms with Crippen LogP contribution in [0.4, 0.5) is 0 Å². The van der Waals surface area contributed by atoms with Gasteiger partial charge in [0.25, 0.3) is 0 Å². The third-order valence-electron chi connectivity index (χ3n) is 3.73. The van der Waals surface area contributed by atoms with Crippen molar-refractivity contribution < 1.29 is 48.8 Å². The van der Waals surface area contributed by atoms with Crippen LogP contribution in [0.3, 0.4) is 0 Å². The van der Waals surface area contributed by atoms with Crippen molar-refractivity contribution in [3.8, 4) is 0 Å². The molecule has 0 bridgehead atoms. The number of rotatable bonds is 31. The molecule has 16 heteroatoms. The summed E-state index contributed by atoms with van der Waals surface area (Å²) in [7, 11) is 0. The topological polar surface area (TPSA) is 130 Å². The lowest BCUT2D eigenvalue weighted by molar-refractivity contribution is -0.291. The smallest absolute Gasteiger partial charge is 0.316 e. The van der Waals surface area contributed by atoms with Crippen LogP contribution < -0.4 is 0 Å².